The van der Waals surface area contributed by atoms with E-state index in [0.717, 1.165) is 39.0 Å². The summed E-state index contributed by atoms with van der Waals surface area (Å²) in [5.41, 5.74) is 11.2. The molecule has 1 aliphatic rings. The van der Waals surface area contributed by atoms with Crippen LogP contribution in [0.2, 0.25) is 0 Å². The summed E-state index contributed by atoms with van der Waals surface area (Å²) in [4.78, 5) is 9.49. The fourth-order valence-corrected chi connectivity index (χ4v) is 8.32. The van der Waals surface area contributed by atoms with Gasteiger partial charge in [0.2, 0.25) is 0 Å². The number of hydrogen-bond acceptors (Lipinski definition) is 4. The molecule has 7 aromatic rings. The van der Waals surface area contributed by atoms with Gasteiger partial charge >= 0.3 is 0 Å². The van der Waals surface area contributed by atoms with E-state index < -0.39 is 0 Å². The maximum Gasteiger partial charge on any atom is 0.135 e. The van der Waals surface area contributed by atoms with Crippen molar-refractivity contribution in [1.29, 1.82) is 0 Å². The molecule has 5 aromatic carbocycles. The first kappa shape index (κ1) is 45.9. The van der Waals surface area contributed by atoms with Gasteiger partial charge in [-0.1, -0.05) is 151 Å². The summed E-state index contributed by atoms with van der Waals surface area (Å²) in [6.07, 6.45) is 4.16. The largest absolute Gasteiger partial charge is 0.509 e. The van der Waals surface area contributed by atoms with Crippen molar-refractivity contribution >= 4 is 33.2 Å². The topological polar surface area (TPSA) is 33.5 Å². The van der Waals surface area contributed by atoms with Crippen molar-refractivity contribution in [3.05, 3.63) is 174 Å². The number of nitrogens with zero attached hydrogens (tertiary/aromatic N) is 4. The quantitative estimate of drug-likeness (QED) is 0.149. The normalized spacial score (nSPS) is 14.0. The maximum absolute atomic E-state index is 6.68. The van der Waals surface area contributed by atoms with E-state index in [1.54, 1.807) is 0 Å². The molecule has 0 fully saturated rings. The predicted octanol–water partition coefficient (Wildman–Crippen LogP) is 15.1. The first-order valence-corrected chi connectivity index (χ1v) is 22.0. The zero-order valence-electron chi connectivity index (χ0n) is 39.6. The summed E-state index contributed by atoms with van der Waals surface area (Å²) in [5.74, 6) is 2.08. The van der Waals surface area contributed by atoms with Crippen molar-refractivity contribution in [1.82, 2.24) is 9.55 Å². The summed E-state index contributed by atoms with van der Waals surface area (Å²) in [6.45, 7) is 34.1. The summed E-state index contributed by atoms with van der Waals surface area (Å²) in [5, 5.41) is 2.24. The van der Waals surface area contributed by atoms with Crippen molar-refractivity contribution in [3.8, 4) is 17.3 Å². The second-order valence-electron chi connectivity index (χ2n) is 21.7. The molecule has 0 bridgehead atoms. The molecule has 5 nitrogen and oxygen atoms in total. The molecular formula is C57H63N4OPt-3. The van der Waals surface area contributed by atoms with Crippen LogP contribution in [0.15, 0.2) is 127 Å². The molecule has 3 heterocycles. The van der Waals surface area contributed by atoms with E-state index in [-0.39, 0.29) is 48.1 Å². The summed E-state index contributed by atoms with van der Waals surface area (Å²) >= 11 is 0. The van der Waals surface area contributed by atoms with E-state index in [0.29, 0.717) is 11.5 Å². The fraction of sp³-hybridized carbons (Fsp3) is 0.333. The molecule has 330 valence electrons. The molecule has 2 aromatic heterocycles. The number of fused-ring (bicyclic) bond motifs is 3. The minimum absolute atomic E-state index is 0. The van der Waals surface area contributed by atoms with Gasteiger partial charge in [-0.15, -0.1) is 48.1 Å². The Bertz CT molecular complexity index is 2790. The Morgan fingerprint density at radius 1 is 0.540 bits per heavy atom. The second-order valence-corrected chi connectivity index (χ2v) is 21.7. The number of aromatic nitrogens is 2. The Kier molecular flexibility index (Phi) is 12.0. The van der Waals surface area contributed by atoms with Crippen molar-refractivity contribution in [2.75, 3.05) is 9.80 Å². The molecule has 0 radical (unpaired) electrons. The minimum atomic E-state index is -0.214. The first-order chi connectivity index (χ1) is 29.0. The van der Waals surface area contributed by atoms with Crippen LogP contribution in [0.3, 0.4) is 0 Å². The van der Waals surface area contributed by atoms with Crippen molar-refractivity contribution in [3.63, 3.8) is 0 Å². The van der Waals surface area contributed by atoms with E-state index in [1.165, 1.54) is 33.5 Å². The molecule has 0 spiro atoms. The molecule has 8 rings (SSSR count). The molecule has 0 atom stereocenters. The zero-order valence-corrected chi connectivity index (χ0v) is 41.9. The third kappa shape index (κ3) is 9.14. The van der Waals surface area contributed by atoms with Gasteiger partial charge in [-0.05, 0) is 86.0 Å². The van der Waals surface area contributed by atoms with Crippen LogP contribution in [-0.4, -0.2) is 9.55 Å². The number of hydrogen-bond donors (Lipinski definition) is 0. The SMILES string of the molecule is CC(C)(C)C1=CN(c2[c-]c(Oc3[c-]c4c(cc3)c3ccc(C(C)(C)c5ccccc5)cc3n4-c3cc(C(C)(C)C)ccn3)ccc2)[CH-]N1c1cc(C(C)(C)C)cc(C(C)(C)C)c1.[Pt]. The van der Waals surface area contributed by atoms with Gasteiger partial charge in [0.25, 0.3) is 0 Å². The van der Waals surface area contributed by atoms with Gasteiger partial charge in [-0.25, -0.2) is 4.98 Å². The van der Waals surface area contributed by atoms with Crippen LogP contribution < -0.4 is 14.5 Å². The van der Waals surface area contributed by atoms with Gasteiger partial charge in [0.1, 0.15) is 5.82 Å². The number of rotatable bonds is 7. The molecule has 0 unspecified atom stereocenters. The van der Waals surface area contributed by atoms with E-state index in [9.17, 15) is 0 Å². The summed E-state index contributed by atoms with van der Waals surface area (Å²) in [7, 11) is 0. The van der Waals surface area contributed by atoms with E-state index in [4.69, 9.17) is 9.72 Å². The molecule has 0 aliphatic carbocycles. The van der Waals surface area contributed by atoms with Gasteiger partial charge in [0, 0.05) is 66.5 Å². The molecule has 1 aliphatic heterocycles. The Balaban J connectivity index is 0.00000595. The van der Waals surface area contributed by atoms with Gasteiger partial charge in [0.05, 0.1) is 0 Å². The molecule has 0 N–H and O–H groups in total. The van der Waals surface area contributed by atoms with Crippen LogP contribution in [0.4, 0.5) is 11.4 Å². The predicted molar refractivity (Wildman–Crippen MR) is 261 cm³/mol. The second kappa shape index (κ2) is 16.5. The minimum Gasteiger partial charge on any atom is -0.509 e. The van der Waals surface area contributed by atoms with E-state index >= 15 is 0 Å². The van der Waals surface area contributed by atoms with Crippen LogP contribution in [0.5, 0.6) is 11.5 Å². The standard InChI is InChI=1S/C57H63N4O.Pt/c1-53(2,3)39-27-28-58-52(33-39)61-49-32-40(57(13,14)38-19-16-15-17-20-38)23-25-47(49)48-26-24-46(35-50(48)61)62-45-22-18-21-43(34-45)59-36-51(56(10,11)12)60(37-59)44-30-41(54(4,5)6)29-42(31-44)55(7,8)9;/h15-33,36-37H,1-14H3;/q-3;. The monoisotopic (exact) mass is 1010 g/mol. The van der Waals surface area contributed by atoms with Crippen molar-refractivity contribution in [2.45, 2.75) is 119 Å². The van der Waals surface area contributed by atoms with E-state index in [2.05, 4.69) is 227 Å². The Morgan fingerprint density at radius 3 is 1.81 bits per heavy atom. The van der Waals surface area contributed by atoms with Crippen LogP contribution >= 0.6 is 0 Å². The number of anilines is 2. The maximum atomic E-state index is 6.68. The third-order valence-electron chi connectivity index (χ3n) is 12.4. The molecule has 0 saturated carbocycles. The molecule has 0 amide bonds. The van der Waals surface area contributed by atoms with Crippen LogP contribution in [0.1, 0.15) is 125 Å². The zero-order chi connectivity index (χ0) is 44.6. The van der Waals surface area contributed by atoms with Gasteiger partial charge in [-0.2, -0.15) is 12.1 Å². The van der Waals surface area contributed by atoms with Crippen LogP contribution in [-0.2, 0) is 42.7 Å². The average molecular weight is 1020 g/mol. The molecule has 63 heavy (non-hydrogen) atoms. The van der Waals surface area contributed by atoms with Gasteiger partial charge < -0.3 is 19.1 Å². The molecule has 0 saturated heterocycles. The van der Waals surface area contributed by atoms with Crippen molar-refractivity contribution < 1.29 is 25.8 Å². The van der Waals surface area contributed by atoms with E-state index in [1.807, 2.05) is 24.4 Å². The van der Waals surface area contributed by atoms with Gasteiger partial charge in [0.15, 0.2) is 0 Å². The Hall–Kier alpha value is -5.12. The number of allylic oxidation sites excluding steroid dienone is 1. The van der Waals surface area contributed by atoms with Gasteiger partial charge in [-0.3, -0.25) is 0 Å². The first-order valence-electron chi connectivity index (χ1n) is 22.0. The molecular weight excluding hydrogens is 952 g/mol. The molecule has 6 heteroatoms. The number of ether oxygens (including phenoxy) is 1. The summed E-state index contributed by atoms with van der Waals surface area (Å²) in [6, 6.07) is 46.6. The third-order valence-corrected chi connectivity index (χ3v) is 12.4. The smallest absolute Gasteiger partial charge is 0.135 e. The Morgan fingerprint density at radius 2 is 1.17 bits per heavy atom. The fourth-order valence-electron chi connectivity index (χ4n) is 8.32. The van der Waals surface area contributed by atoms with Crippen molar-refractivity contribution in [2.24, 2.45) is 5.41 Å². The summed E-state index contributed by atoms with van der Waals surface area (Å²) < 4.78 is 8.93. The van der Waals surface area contributed by atoms with Crippen LogP contribution in [0, 0.1) is 24.2 Å². The van der Waals surface area contributed by atoms with Crippen LogP contribution in [0.25, 0.3) is 27.6 Å². The number of benzene rings is 5. The Labute approximate surface area is 391 Å². The average Bonchev–Trinajstić information content (AvgIpc) is 3.81. The number of pyridine rings is 1.